The Labute approximate surface area is 118 Å². The van der Waals surface area contributed by atoms with E-state index < -0.39 is 0 Å². The summed E-state index contributed by atoms with van der Waals surface area (Å²) in [5, 5.41) is 3.23. The summed E-state index contributed by atoms with van der Waals surface area (Å²) in [6.07, 6.45) is 3.05. The van der Waals surface area contributed by atoms with E-state index in [2.05, 4.69) is 16.4 Å². The highest BCUT2D eigenvalue weighted by atomic mass is 16.5. The van der Waals surface area contributed by atoms with Crippen LogP contribution >= 0.6 is 0 Å². The molecule has 0 radical (unpaired) electrons. The third-order valence-corrected chi connectivity index (χ3v) is 3.28. The number of hydrogen-bond donors (Lipinski definition) is 1. The molecule has 0 saturated heterocycles. The first-order chi connectivity index (χ1) is 9.65. The van der Waals surface area contributed by atoms with Crippen LogP contribution in [0.2, 0.25) is 0 Å². The van der Waals surface area contributed by atoms with Crippen LogP contribution in [-0.2, 0) is 6.54 Å². The minimum absolute atomic E-state index is 0.0215. The number of benzene rings is 1. The van der Waals surface area contributed by atoms with Gasteiger partial charge >= 0.3 is 0 Å². The Morgan fingerprint density at radius 2 is 2.20 bits per heavy atom. The fourth-order valence-electron chi connectivity index (χ4n) is 2.18. The van der Waals surface area contributed by atoms with Gasteiger partial charge in [-0.25, -0.2) is 4.98 Å². The number of aryl methyl sites for hydroxylation is 1. The predicted octanol–water partition coefficient (Wildman–Crippen LogP) is 1.52. The van der Waals surface area contributed by atoms with Gasteiger partial charge in [-0.1, -0.05) is 17.7 Å². The maximum Gasteiger partial charge on any atom is 0.253 e. The summed E-state index contributed by atoms with van der Waals surface area (Å²) in [4.78, 5) is 15.8. The molecule has 0 aliphatic heterocycles. The van der Waals surface area contributed by atoms with Gasteiger partial charge in [0.05, 0.1) is 19.5 Å². The number of aromatic nitrogens is 2. The van der Waals surface area contributed by atoms with E-state index in [4.69, 9.17) is 4.74 Å². The van der Waals surface area contributed by atoms with Gasteiger partial charge in [0.15, 0.2) is 0 Å². The molecule has 1 atom stereocenters. The van der Waals surface area contributed by atoms with Crippen molar-refractivity contribution < 1.29 is 4.74 Å². The molecule has 2 aromatic rings. The van der Waals surface area contributed by atoms with E-state index in [0.29, 0.717) is 6.54 Å². The van der Waals surface area contributed by atoms with Crippen LogP contribution in [0.1, 0.15) is 17.2 Å². The zero-order valence-electron chi connectivity index (χ0n) is 12.0. The Hall–Kier alpha value is -2.14. The van der Waals surface area contributed by atoms with Gasteiger partial charge in [-0.05, 0) is 20.0 Å². The monoisotopic (exact) mass is 273 g/mol. The second-order valence-corrected chi connectivity index (χ2v) is 4.66. The molecular weight excluding hydrogens is 254 g/mol. The van der Waals surface area contributed by atoms with Crippen LogP contribution in [0.5, 0.6) is 5.75 Å². The minimum Gasteiger partial charge on any atom is -0.496 e. The molecule has 0 saturated carbocycles. The third kappa shape index (κ3) is 3.05. The van der Waals surface area contributed by atoms with Crippen molar-refractivity contribution in [1.29, 1.82) is 0 Å². The molecule has 2 rings (SSSR count). The molecule has 1 N–H and O–H groups in total. The fraction of sp³-hybridized carbons (Fsp3) is 0.333. The van der Waals surface area contributed by atoms with Gasteiger partial charge in [-0.15, -0.1) is 0 Å². The van der Waals surface area contributed by atoms with Crippen molar-refractivity contribution in [2.24, 2.45) is 0 Å². The van der Waals surface area contributed by atoms with Gasteiger partial charge in [0, 0.05) is 24.4 Å². The first kappa shape index (κ1) is 14.3. The van der Waals surface area contributed by atoms with Crippen molar-refractivity contribution in [3.63, 3.8) is 0 Å². The van der Waals surface area contributed by atoms with Crippen molar-refractivity contribution >= 4 is 0 Å². The van der Waals surface area contributed by atoms with Gasteiger partial charge in [0.2, 0.25) is 0 Å². The lowest BCUT2D eigenvalue weighted by atomic mass is 10.0. The van der Waals surface area contributed by atoms with Crippen molar-refractivity contribution in [2.75, 3.05) is 14.2 Å². The van der Waals surface area contributed by atoms with Crippen LogP contribution in [0.4, 0.5) is 0 Å². The van der Waals surface area contributed by atoms with Crippen LogP contribution in [0.15, 0.2) is 41.6 Å². The normalized spacial score (nSPS) is 12.2. The lowest BCUT2D eigenvalue weighted by Crippen LogP contribution is -2.28. The number of nitrogens with zero attached hydrogens (tertiary/aromatic N) is 2. The summed E-state index contributed by atoms with van der Waals surface area (Å²) in [6.45, 7) is 2.54. The second-order valence-electron chi connectivity index (χ2n) is 4.66. The van der Waals surface area contributed by atoms with E-state index in [1.54, 1.807) is 18.0 Å². The molecular formula is C15H19N3O2. The number of nitrogens with one attached hydrogen (secondary N) is 1. The average molecular weight is 273 g/mol. The van der Waals surface area contributed by atoms with E-state index in [-0.39, 0.29) is 11.6 Å². The molecule has 1 aromatic heterocycles. The molecule has 20 heavy (non-hydrogen) atoms. The quantitative estimate of drug-likeness (QED) is 0.897. The largest absolute Gasteiger partial charge is 0.496 e. The summed E-state index contributed by atoms with van der Waals surface area (Å²) in [5.74, 6) is 0.812. The molecule has 1 heterocycles. The molecule has 0 bridgehead atoms. The SMILES string of the molecule is CNC(Cn1cnccc1=O)c1cc(C)ccc1OC. The number of rotatable bonds is 5. The lowest BCUT2D eigenvalue weighted by molar-refractivity contribution is 0.393. The minimum atomic E-state index is -0.0631. The van der Waals surface area contributed by atoms with Crippen molar-refractivity contribution in [2.45, 2.75) is 19.5 Å². The van der Waals surface area contributed by atoms with E-state index in [9.17, 15) is 4.79 Å². The van der Waals surface area contributed by atoms with E-state index in [1.165, 1.54) is 12.3 Å². The van der Waals surface area contributed by atoms with Gasteiger partial charge in [-0.2, -0.15) is 0 Å². The second kappa shape index (κ2) is 6.34. The highest BCUT2D eigenvalue weighted by Gasteiger charge is 2.15. The van der Waals surface area contributed by atoms with Crippen LogP contribution in [-0.4, -0.2) is 23.7 Å². The average Bonchev–Trinajstić information content (AvgIpc) is 2.46. The van der Waals surface area contributed by atoms with Crippen molar-refractivity contribution in [3.8, 4) is 5.75 Å². The van der Waals surface area contributed by atoms with Crippen LogP contribution in [0, 0.1) is 6.92 Å². The molecule has 0 amide bonds. The standard InChI is InChI=1S/C15H19N3O2/c1-11-4-5-14(20-3)12(8-11)13(16-2)9-18-10-17-7-6-15(18)19/h4-8,10,13,16H,9H2,1-3H3. The summed E-state index contributed by atoms with van der Waals surface area (Å²) in [7, 11) is 3.52. The number of hydrogen-bond acceptors (Lipinski definition) is 4. The zero-order valence-corrected chi connectivity index (χ0v) is 12.0. The Bertz CT molecular complexity index is 637. The molecule has 0 spiro atoms. The van der Waals surface area contributed by atoms with Crippen LogP contribution in [0.3, 0.4) is 0 Å². The Morgan fingerprint density at radius 1 is 1.40 bits per heavy atom. The first-order valence-corrected chi connectivity index (χ1v) is 6.48. The molecule has 0 aliphatic carbocycles. The summed E-state index contributed by atoms with van der Waals surface area (Å²) >= 11 is 0. The van der Waals surface area contributed by atoms with Gasteiger partial charge in [0.1, 0.15) is 5.75 Å². The summed E-state index contributed by atoms with van der Waals surface area (Å²) < 4.78 is 6.99. The highest BCUT2D eigenvalue weighted by molar-refractivity contribution is 5.39. The van der Waals surface area contributed by atoms with Crippen LogP contribution < -0.4 is 15.6 Å². The number of likely N-dealkylation sites (N-methyl/N-ethyl adjacent to an activating group) is 1. The Balaban J connectivity index is 2.36. The highest BCUT2D eigenvalue weighted by Crippen LogP contribution is 2.26. The first-order valence-electron chi connectivity index (χ1n) is 6.48. The Morgan fingerprint density at radius 3 is 2.85 bits per heavy atom. The van der Waals surface area contributed by atoms with E-state index >= 15 is 0 Å². The summed E-state index contributed by atoms with van der Waals surface area (Å²) in [6, 6.07) is 7.46. The fourth-order valence-corrected chi connectivity index (χ4v) is 2.18. The smallest absolute Gasteiger partial charge is 0.253 e. The Kier molecular flexibility index (Phi) is 4.53. The van der Waals surface area contributed by atoms with E-state index in [0.717, 1.165) is 16.9 Å². The maximum atomic E-state index is 11.8. The lowest BCUT2D eigenvalue weighted by Gasteiger charge is -2.20. The third-order valence-electron chi connectivity index (χ3n) is 3.28. The summed E-state index contributed by atoms with van der Waals surface area (Å²) in [5.41, 5.74) is 2.12. The molecule has 5 nitrogen and oxygen atoms in total. The molecule has 106 valence electrons. The predicted molar refractivity (Wildman–Crippen MR) is 78.0 cm³/mol. The molecule has 1 aromatic carbocycles. The topological polar surface area (TPSA) is 56.2 Å². The number of methoxy groups -OCH3 is 1. The molecule has 5 heteroatoms. The van der Waals surface area contributed by atoms with Gasteiger partial charge in [-0.3, -0.25) is 9.36 Å². The zero-order chi connectivity index (χ0) is 14.5. The van der Waals surface area contributed by atoms with Crippen LogP contribution in [0.25, 0.3) is 0 Å². The van der Waals surface area contributed by atoms with Gasteiger partial charge in [0.25, 0.3) is 5.56 Å². The maximum absolute atomic E-state index is 11.8. The van der Waals surface area contributed by atoms with E-state index in [1.807, 2.05) is 26.1 Å². The molecule has 0 aliphatic rings. The number of ether oxygens (including phenoxy) is 1. The van der Waals surface area contributed by atoms with Gasteiger partial charge < -0.3 is 10.1 Å². The molecule has 1 unspecified atom stereocenters. The van der Waals surface area contributed by atoms with Crippen molar-refractivity contribution in [3.05, 3.63) is 58.3 Å². The van der Waals surface area contributed by atoms with Crippen molar-refractivity contribution in [1.82, 2.24) is 14.9 Å². The molecule has 0 fully saturated rings.